The lowest BCUT2D eigenvalue weighted by atomic mass is 10.0. The molecule has 108 valence electrons. The molecule has 0 aliphatic rings. The molecule has 2 rings (SSSR count). The Bertz CT molecular complexity index is 569. The summed E-state index contributed by atoms with van der Waals surface area (Å²) in [5.41, 5.74) is 5.85. The third kappa shape index (κ3) is 3.39. The SMILES string of the molecule is COc1ccc2c(NC(CN)CC(C)C)nccc2c1. The van der Waals surface area contributed by atoms with Gasteiger partial charge in [-0.3, -0.25) is 0 Å². The van der Waals surface area contributed by atoms with Crippen LogP contribution >= 0.6 is 0 Å². The van der Waals surface area contributed by atoms with Crippen LogP contribution in [-0.4, -0.2) is 24.7 Å². The number of anilines is 1. The standard InChI is InChI=1S/C16H23N3O/c1-11(2)8-13(10-17)19-16-15-5-4-14(20-3)9-12(15)6-7-18-16/h4-7,9,11,13H,8,10,17H2,1-3H3,(H,18,19). The summed E-state index contributed by atoms with van der Waals surface area (Å²) in [6.07, 6.45) is 2.85. The van der Waals surface area contributed by atoms with Gasteiger partial charge < -0.3 is 15.8 Å². The van der Waals surface area contributed by atoms with Crippen molar-refractivity contribution < 1.29 is 4.74 Å². The van der Waals surface area contributed by atoms with Gasteiger partial charge in [-0.25, -0.2) is 4.98 Å². The number of nitrogens with one attached hydrogen (secondary N) is 1. The summed E-state index contributed by atoms with van der Waals surface area (Å²) in [6.45, 7) is 5.00. The van der Waals surface area contributed by atoms with Gasteiger partial charge in [-0.2, -0.15) is 0 Å². The van der Waals surface area contributed by atoms with Crippen molar-refractivity contribution in [2.45, 2.75) is 26.3 Å². The van der Waals surface area contributed by atoms with Gasteiger partial charge in [-0.15, -0.1) is 0 Å². The fraction of sp³-hybridized carbons (Fsp3) is 0.438. The van der Waals surface area contributed by atoms with E-state index in [0.29, 0.717) is 12.5 Å². The molecule has 0 bridgehead atoms. The predicted octanol–water partition coefficient (Wildman–Crippen LogP) is 3.03. The Morgan fingerprint density at radius 3 is 2.75 bits per heavy atom. The van der Waals surface area contributed by atoms with Crippen molar-refractivity contribution in [2.75, 3.05) is 19.0 Å². The highest BCUT2D eigenvalue weighted by atomic mass is 16.5. The van der Waals surface area contributed by atoms with Crippen molar-refractivity contribution in [1.29, 1.82) is 0 Å². The molecule has 1 unspecified atom stereocenters. The number of nitrogens with zero attached hydrogens (tertiary/aromatic N) is 1. The van der Waals surface area contributed by atoms with Gasteiger partial charge in [0.25, 0.3) is 0 Å². The highest BCUT2D eigenvalue weighted by Gasteiger charge is 2.11. The molecule has 0 aliphatic carbocycles. The van der Waals surface area contributed by atoms with Crippen LogP contribution in [0.4, 0.5) is 5.82 Å². The Balaban J connectivity index is 2.29. The van der Waals surface area contributed by atoms with Crippen molar-refractivity contribution in [3.05, 3.63) is 30.5 Å². The van der Waals surface area contributed by atoms with E-state index in [2.05, 4.69) is 24.1 Å². The second-order valence-corrected chi connectivity index (χ2v) is 5.45. The fourth-order valence-electron chi connectivity index (χ4n) is 2.37. The first kappa shape index (κ1) is 14.6. The normalized spacial score (nSPS) is 12.7. The van der Waals surface area contributed by atoms with Gasteiger partial charge in [0.2, 0.25) is 0 Å². The second-order valence-electron chi connectivity index (χ2n) is 5.45. The van der Waals surface area contributed by atoms with Gasteiger partial charge in [0.05, 0.1) is 7.11 Å². The van der Waals surface area contributed by atoms with Crippen LogP contribution in [0.1, 0.15) is 20.3 Å². The molecule has 0 amide bonds. The first-order valence-corrected chi connectivity index (χ1v) is 7.03. The number of pyridine rings is 1. The van der Waals surface area contributed by atoms with Crippen LogP contribution in [0.2, 0.25) is 0 Å². The minimum absolute atomic E-state index is 0.246. The summed E-state index contributed by atoms with van der Waals surface area (Å²) in [4.78, 5) is 4.45. The van der Waals surface area contributed by atoms with E-state index in [1.807, 2.05) is 30.5 Å². The van der Waals surface area contributed by atoms with E-state index < -0.39 is 0 Å². The summed E-state index contributed by atoms with van der Waals surface area (Å²) in [7, 11) is 1.68. The van der Waals surface area contributed by atoms with E-state index in [-0.39, 0.29) is 6.04 Å². The molecule has 0 radical (unpaired) electrons. The van der Waals surface area contributed by atoms with Crippen molar-refractivity contribution >= 4 is 16.6 Å². The number of methoxy groups -OCH3 is 1. The van der Waals surface area contributed by atoms with Crippen molar-refractivity contribution in [2.24, 2.45) is 11.7 Å². The van der Waals surface area contributed by atoms with Gasteiger partial charge in [-0.05, 0) is 42.0 Å². The van der Waals surface area contributed by atoms with Gasteiger partial charge in [0.15, 0.2) is 0 Å². The topological polar surface area (TPSA) is 60.2 Å². The van der Waals surface area contributed by atoms with Crippen LogP contribution in [0.3, 0.4) is 0 Å². The number of hydrogen-bond donors (Lipinski definition) is 2. The Labute approximate surface area is 120 Å². The maximum Gasteiger partial charge on any atom is 0.134 e. The number of rotatable bonds is 6. The molecule has 0 aliphatic heterocycles. The average Bonchev–Trinajstić information content (AvgIpc) is 2.45. The maximum absolute atomic E-state index is 5.85. The van der Waals surface area contributed by atoms with Crippen LogP contribution in [0.15, 0.2) is 30.5 Å². The minimum atomic E-state index is 0.246. The fourth-order valence-corrected chi connectivity index (χ4v) is 2.37. The summed E-state index contributed by atoms with van der Waals surface area (Å²) in [6, 6.07) is 8.24. The quantitative estimate of drug-likeness (QED) is 0.849. The Kier molecular flexibility index (Phi) is 4.79. The highest BCUT2D eigenvalue weighted by molar-refractivity contribution is 5.92. The predicted molar refractivity (Wildman–Crippen MR) is 84.2 cm³/mol. The van der Waals surface area contributed by atoms with Crippen molar-refractivity contribution in [3.63, 3.8) is 0 Å². The number of nitrogens with two attached hydrogens (primary N) is 1. The van der Waals surface area contributed by atoms with Crippen LogP contribution in [0.25, 0.3) is 10.8 Å². The van der Waals surface area contributed by atoms with E-state index in [1.54, 1.807) is 7.11 Å². The molecule has 0 saturated heterocycles. The zero-order chi connectivity index (χ0) is 14.5. The number of fused-ring (bicyclic) bond motifs is 1. The molecular formula is C16H23N3O. The van der Waals surface area contributed by atoms with E-state index in [9.17, 15) is 0 Å². The van der Waals surface area contributed by atoms with Gasteiger partial charge >= 0.3 is 0 Å². The lowest BCUT2D eigenvalue weighted by Crippen LogP contribution is -2.30. The number of ether oxygens (including phenoxy) is 1. The largest absolute Gasteiger partial charge is 0.497 e. The third-order valence-electron chi connectivity index (χ3n) is 3.35. The lowest BCUT2D eigenvalue weighted by Gasteiger charge is -2.20. The number of benzene rings is 1. The molecule has 2 aromatic rings. The molecule has 1 atom stereocenters. The summed E-state index contributed by atoms with van der Waals surface area (Å²) >= 11 is 0. The van der Waals surface area contributed by atoms with E-state index in [4.69, 9.17) is 10.5 Å². The Morgan fingerprint density at radius 1 is 1.30 bits per heavy atom. The van der Waals surface area contributed by atoms with Crippen LogP contribution < -0.4 is 15.8 Å². The second kappa shape index (κ2) is 6.57. The monoisotopic (exact) mass is 273 g/mol. The number of aromatic nitrogens is 1. The molecule has 1 aromatic carbocycles. The Morgan fingerprint density at radius 2 is 2.10 bits per heavy atom. The van der Waals surface area contributed by atoms with Crippen LogP contribution in [-0.2, 0) is 0 Å². The van der Waals surface area contributed by atoms with E-state index in [0.717, 1.165) is 28.8 Å². The molecule has 4 nitrogen and oxygen atoms in total. The van der Waals surface area contributed by atoms with Gasteiger partial charge in [0.1, 0.15) is 11.6 Å². The summed E-state index contributed by atoms with van der Waals surface area (Å²) in [5.74, 6) is 2.35. The molecular weight excluding hydrogens is 250 g/mol. The minimum Gasteiger partial charge on any atom is -0.497 e. The van der Waals surface area contributed by atoms with Crippen molar-refractivity contribution in [1.82, 2.24) is 4.98 Å². The molecule has 0 saturated carbocycles. The van der Waals surface area contributed by atoms with E-state index in [1.165, 1.54) is 0 Å². The maximum atomic E-state index is 5.85. The van der Waals surface area contributed by atoms with Crippen LogP contribution in [0.5, 0.6) is 5.75 Å². The average molecular weight is 273 g/mol. The highest BCUT2D eigenvalue weighted by Crippen LogP contribution is 2.26. The number of hydrogen-bond acceptors (Lipinski definition) is 4. The molecule has 3 N–H and O–H groups in total. The molecule has 1 aromatic heterocycles. The van der Waals surface area contributed by atoms with Gasteiger partial charge in [0, 0.05) is 24.2 Å². The molecule has 0 fully saturated rings. The molecule has 4 heteroatoms. The van der Waals surface area contributed by atoms with Gasteiger partial charge in [-0.1, -0.05) is 13.8 Å². The molecule has 0 spiro atoms. The molecule has 1 heterocycles. The third-order valence-corrected chi connectivity index (χ3v) is 3.35. The Hall–Kier alpha value is -1.81. The molecule has 20 heavy (non-hydrogen) atoms. The zero-order valence-electron chi connectivity index (χ0n) is 12.4. The lowest BCUT2D eigenvalue weighted by molar-refractivity contribution is 0.415. The van der Waals surface area contributed by atoms with Crippen molar-refractivity contribution in [3.8, 4) is 5.75 Å². The summed E-state index contributed by atoms with van der Waals surface area (Å²) in [5, 5.41) is 5.67. The zero-order valence-corrected chi connectivity index (χ0v) is 12.4. The summed E-state index contributed by atoms with van der Waals surface area (Å²) < 4.78 is 5.26. The first-order chi connectivity index (χ1) is 9.63. The first-order valence-electron chi connectivity index (χ1n) is 7.03. The van der Waals surface area contributed by atoms with E-state index >= 15 is 0 Å². The smallest absolute Gasteiger partial charge is 0.134 e. The van der Waals surface area contributed by atoms with Crippen LogP contribution in [0, 0.1) is 5.92 Å².